The van der Waals surface area contributed by atoms with Gasteiger partial charge in [0.25, 0.3) is 5.22 Å². The minimum absolute atomic E-state index is 0.00853. The summed E-state index contributed by atoms with van der Waals surface area (Å²) >= 11 is 1.21. The van der Waals surface area contributed by atoms with Crippen molar-refractivity contribution in [3.05, 3.63) is 53.6 Å². The highest BCUT2D eigenvalue weighted by Gasteiger charge is 2.22. The lowest BCUT2D eigenvalue weighted by molar-refractivity contribution is 0.0993. The number of rotatable bonds is 7. The molecule has 6 nitrogen and oxygen atoms in total. The smallest absolute Gasteiger partial charge is 0.257 e. The van der Waals surface area contributed by atoms with E-state index in [0.717, 1.165) is 10.7 Å². The number of sulfonamides is 1. The fourth-order valence-electron chi connectivity index (χ4n) is 2.65. The van der Waals surface area contributed by atoms with Gasteiger partial charge in [-0.05, 0) is 37.1 Å². The zero-order chi connectivity index (χ0) is 20.5. The molecule has 0 spiro atoms. The Morgan fingerprint density at radius 1 is 1.18 bits per heavy atom. The first kappa shape index (κ1) is 20.6. The molecule has 0 saturated carbocycles. The summed E-state index contributed by atoms with van der Waals surface area (Å²) in [5.41, 5.74) is 2.75. The van der Waals surface area contributed by atoms with Crippen LogP contribution in [0, 0.1) is 0 Å². The van der Waals surface area contributed by atoms with E-state index in [4.69, 9.17) is 4.42 Å². The fraction of sp³-hybridized carbons (Fsp3) is 0.300. The van der Waals surface area contributed by atoms with E-state index < -0.39 is 10.0 Å². The molecule has 3 aromatic rings. The number of fused-ring (bicyclic) bond motifs is 1. The molecule has 0 aliphatic carbocycles. The average Bonchev–Trinajstić information content (AvgIpc) is 3.08. The Morgan fingerprint density at radius 2 is 1.86 bits per heavy atom. The minimum atomic E-state index is -3.55. The first-order valence-corrected chi connectivity index (χ1v) is 11.2. The molecule has 28 heavy (non-hydrogen) atoms. The van der Waals surface area contributed by atoms with Crippen LogP contribution >= 0.6 is 11.8 Å². The summed E-state index contributed by atoms with van der Waals surface area (Å²) in [7, 11) is -0.594. The maximum Gasteiger partial charge on any atom is 0.257 e. The summed E-state index contributed by atoms with van der Waals surface area (Å²) in [6, 6.07) is 12.1. The van der Waals surface area contributed by atoms with Crippen molar-refractivity contribution in [1.29, 1.82) is 0 Å². The van der Waals surface area contributed by atoms with Gasteiger partial charge in [-0.3, -0.25) is 4.79 Å². The van der Waals surface area contributed by atoms with E-state index in [9.17, 15) is 13.2 Å². The molecule has 0 aliphatic rings. The Morgan fingerprint density at radius 3 is 2.46 bits per heavy atom. The summed E-state index contributed by atoms with van der Waals surface area (Å²) in [6.45, 7) is 3.87. The highest BCUT2D eigenvalue weighted by Crippen LogP contribution is 2.30. The quantitative estimate of drug-likeness (QED) is 0.426. The van der Waals surface area contributed by atoms with Crippen LogP contribution in [0.15, 0.2) is 57.0 Å². The van der Waals surface area contributed by atoms with E-state index >= 15 is 0 Å². The number of hydrogen-bond acceptors (Lipinski definition) is 6. The number of hydrogen-bond donors (Lipinski definition) is 0. The topological polar surface area (TPSA) is 80.5 Å². The number of carbonyl (C=O) groups excluding carboxylic acids is 1. The van der Waals surface area contributed by atoms with Crippen LogP contribution < -0.4 is 0 Å². The van der Waals surface area contributed by atoms with E-state index in [0.29, 0.717) is 21.9 Å². The first-order valence-electron chi connectivity index (χ1n) is 8.85. The maximum absolute atomic E-state index is 12.6. The number of thioether (sulfide) groups is 1. The number of ketones is 1. The van der Waals surface area contributed by atoms with Gasteiger partial charge in [0.1, 0.15) is 5.52 Å². The van der Waals surface area contributed by atoms with Crippen molar-refractivity contribution in [2.45, 2.75) is 35.6 Å². The molecule has 0 N–H and O–H groups in total. The molecule has 0 fully saturated rings. The highest BCUT2D eigenvalue weighted by molar-refractivity contribution is 8.00. The molecule has 0 radical (unpaired) electrons. The second kappa shape index (κ2) is 8.06. The van der Waals surface area contributed by atoms with Crippen molar-refractivity contribution in [2.24, 2.45) is 0 Å². The van der Waals surface area contributed by atoms with Gasteiger partial charge in [-0.15, -0.1) is 0 Å². The Bertz CT molecular complexity index is 1100. The monoisotopic (exact) mass is 418 g/mol. The highest BCUT2D eigenvalue weighted by atomic mass is 32.2. The van der Waals surface area contributed by atoms with Crippen LogP contribution in [0.3, 0.4) is 0 Å². The summed E-state index contributed by atoms with van der Waals surface area (Å²) in [6.07, 6.45) is 0.924. The standard InChI is InChI=1S/C20H22N2O4S2/c1-5-14-6-8-15(9-7-14)19(23)13(2)27-20-21-17-12-16(10-11-18(17)26-20)28(24,25)22(3)4/h6-13H,5H2,1-4H3. The molecule has 0 amide bonds. The van der Waals surface area contributed by atoms with Crippen molar-refractivity contribution in [3.63, 3.8) is 0 Å². The van der Waals surface area contributed by atoms with E-state index in [1.54, 1.807) is 13.0 Å². The van der Waals surface area contributed by atoms with Crippen molar-refractivity contribution >= 4 is 38.7 Å². The number of aryl methyl sites for hydroxylation is 1. The van der Waals surface area contributed by atoms with Crippen molar-refractivity contribution in [2.75, 3.05) is 14.1 Å². The molecule has 1 aromatic heterocycles. The van der Waals surface area contributed by atoms with Gasteiger partial charge in [-0.25, -0.2) is 17.7 Å². The number of benzene rings is 2. The Hall–Kier alpha value is -2.16. The fourth-order valence-corrected chi connectivity index (χ4v) is 4.41. The lowest BCUT2D eigenvalue weighted by atomic mass is 10.1. The molecule has 0 saturated heterocycles. The molecule has 0 aliphatic heterocycles. The van der Waals surface area contributed by atoms with Gasteiger partial charge in [0.05, 0.1) is 10.1 Å². The molecule has 1 heterocycles. The number of Topliss-reactive ketones (excluding diaryl/α,β-unsaturated/α-hetero) is 1. The third-order valence-electron chi connectivity index (χ3n) is 4.41. The van der Waals surface area contributed by atoms with Crippen LogP contribution in [0.4, 0.5) is 0 Å². The number of carbonyl (C=O) groups is 1. The zero-order valence-corrected chi connectivity index (χ0v) is 17.8. The van der Waals surface area contributed by atoms with Crippen LogP contribution in [0.5, 0.6) is 0 Å². The first-order chi connectivity index (χ1) is 13.2. The summed E-state index contributed by atoms with van der Waals surface area (Å²) in [5, 5.41) is -0.0500. The molecular formula is C20H22N2O4S2. The Labute approximate surface area is 169 Å². The SMILES string of the molecule is CCc1ccc(C(=O)C(C)Sc2nc3cc(S(=O)(=O)N(C)C)ccc3o2)cc1. The normalized spacial score (nSPS) is 13.2. The predicted molar refractivity (Wildman–Crippen MR) is 110 cm³/mol. The predicted octanol–water partition coefficient (Wildman–Crippen LogP) is 4.00. The van der Waals surface area contributed by atoms with Crippen LogP contribution in [-0.2, 0) is 16.4 Å². The molecular weight excluding hydrogens is 396 g/mol. The molecule has 3 rings (SSSR count). The molecule has 8 heteroatoms. The second-order valence-corrected chi connectivity index (χ2v) is 10.0. The molecule has 1 unspecified atom stereocenters. The summed E-state index contributed by atoms with van der Waals surface area (Å²) in [5.74, 6) is -0.00853. The van der Waals surface area contributed by atoms with Gasteiger partial charge in [0.2, 0.25) is 10.0 Å². The van der Waals surface area contributed by atoms with Gasteiger partial charge >= 0.3 is 0 Å². The zero-order valence-electron chi connectivity index (χ0n) is 16.2. The van der Waals surface area contributed by atoms with Crippen LogP contribution in [0.2, 0.25) is 0 Å². The molecule has 1 atom stereocenters. The second-order valence-electron chi connectivity index (χ2n) is 6.57. The Kier molecular flexibility index (Phi) is 5.92. The third kappa shape index (κ3) is 4.14. The number of nitrogens with zero attached hydrogens (tertiary/aromatic N) is 2. The van der Waals surface area contributed by atoms with Gasteiger partial charge in [0.15, 0.2) is 11.4 Å². The van der Waals surface area contributed by atoms with Gasteiger partial charge < -0.3 is 4.42 Å². The average molecular weight is 419 g/mol. The van der Waals surface area contributed by atoms with E-state index in [1.807, 2.05) is 24.3 Å². The number of oxazole rings is 1. The molecule has 148 valence electrons. The minimum Gasteiger partial charge on any atom is -0.431 e. The lowest BCUT2D eigenvalue weighted by Gasteiger charge is -2.10. The maximum atomic E-state index is 12.6. The lowest BCUT2D eigenvalue weighted by Crippen LogP contribution is -2.22. The van der Waals surface area contributed by atoms with E-state index in [1.165, 1.54) is 43.6 Å². The van der Waals surface area contributed by atoms with Gasteiger partial charge in [-0.2, -0.15) is 0 Å². The Balaban J connectivity index is 1.80. The van der Waals surface area contributed by atoms with E-state index in [2.05, 4.69) is 11.9 Å². The van der Waals surface area contributed by atoms with Crippen LogP contribution in [-0.4, -0.2) is 42.8 Å². The largest absolute Gasteiger partial charge is 0.431 e. The summed E-state index contributed by atoms with van der Waals surface area (Å²) in [4.78, 5) is 17.1. The van der Waals surface area contributed by atoms with Crippen molar-refractivity contribution in [1.82, 2.24) is 9.29 Å². The molecule has 0 bridgehead atoms. The third-order valence-corrected chi connectivity index (χ3v) is 7.17. The van der Waals surface area contributed by atoms with Gasteiger partial charge in [-0.1, -0.05) is 43.0 Å². The molecule has 2 aromatic carbocycles. The van der Waals surface area contributed by atoms with Crippen LogP contribution in [0.1, 0.15) is 29.8 Å². The van der Waals surface area contributed by atoms with E-state index in [-0.39, 0.29) is 15.9 Å². The van der Waals surface area contributed by atoms with Gasteiger partial charge in [0, 0.05) is 19.7 Å². The summed E-state index contributed by atoms with van der Waals surface area (Å²) < 4.78 is 31.4. The number of aromatic nitrogens is 1. The van der Waals surface area contributed by atoms with Crippen molar-refractivity contribution < 1.29 is 17.6 Å². The van der Waals surface area contributed by atoms with Crippen LogP contribution in [0.25, 0.3) is 11.1 Å². The van der Waals surface area contributed by atoms with Crippen molar-refractivity contribution in [3.8, 4) is 0 Å².